The molecular weight excluding hydrogens is 314 g/mol. The van der Waals surface area contributed by atoms with Crippen LogP contribution >= 0.6 is 11.6 Å². The molecule has 0 bridgehead atoms. The summed E-state index contributed by atoms with van der Waals surface area (Å²) in [6.07, 6.45) is 5.38. The van der Waals surface area contributed by atoms with Gasteiger partial charge in [0.2, 0.25) is 0 Å². The van der Waals surface area contributed by atoms with Crippen molar-refractivity contribution < 1.29 is 14.3 Å². The third kappa shape index (κ3) is 4.83. The maximum absolute atomic E-state index is 12.0. The standard InChI is InChI=1S/C18H22ClNO3/c1-3-6-13(7-4-2)23-17(21)12-22-16-10-9-15(19)14-8-5-11-20-18(14)16/h5,8-11,13H,3-4,6-7,12H2,1-2H3. The van der Waals surface area contributed by atoms with Crippen molar-refractivity contribution in [3.05, 3.63) is 35.5 Å². The molecule has 5 heteroatoms. The fourth-order valence-electron chi connectivity index (χ4n) is 2.49. The molecule has 4 nitrogen and oxygen atoms in total. The molecule has 0 fully saturated rings. The fraction of sp³-hybridized carbons (Fsp3) is 0.444. The van der Waals surface area contributed by atoms with Crippen molar-refractivity contribution in [2.45, 2.75) is 45.6 Å². The number of ether oxygens (including phenoxy) is 2. The molecule has 0 unspecified atom stereocenters. The summed E-state index contributed by atoms with van der Waals surface area (Å²) in [6, 6.07) is 7.14. The molecule has 0 saturated heterocycles. The average Bonchev–Trinajstić information content (AvgIpc) is 2.55. The molecule has 124 valence electrons. The van der Waals surface area contributed by atoms with E-state index in [0.29, 0.717) is 16.3 Å². The number of aromatic nitrogens is 1. The summed E-state index contributed by atoms with van der Waals surface area (Å²) in [5.41, 5.74) is 0.645. The Morgan fingerprint density at radius 2 is 1.96 bits per heavy atom. The normalized spacial score (nSPS) is 11.0. The maximum atomic E-state index is 12.0. The Morgan fingerprint density at radius 1 is 1.22 bits per heavy atom. The molecule has 0 amide bonds. The minimum absolute atomic E-state index is 0.0267. The van der Waals surface area contributed by atoms with E-state index in [1.165, 1.54) is 0 Å². The second-order valence-electron chi connectivity index (χ2n) is 5.42. The second-order valence-corrected chi connectivity index (χ2v) is 5.83. The molecule has 2 rings (SSSR count). The van der Waals surface area contributed by atoms with Crippen molar-refractivity contribution in [3.8, 4) is 5.75 Å². The summed E-state index contributed by atoms with van der Waals surface area (Å²) in [6.45, 7) is 4.04. The highest BCUT2D eigenvalue weighted by Gasteiger charge is 2.14. The fourth-order valence-corrected chi connectivity index (χ4v) is 2.71. The molecule has 0 atom stereocenters. The van der Waals surface area contributed by atoms with Crippen molar-refractivity contribution in [2.24, 2.45) is 0 Å². The summed E-state index contributed by atoms with van der Waals surface area (Å²) in [5.74, 6) is 0.181. The van der Waals surface area contributed by atoms with Crippen LogP contribution in [0.25, 0.3) is 10.9 Å². The van der Waals surface area contributed by atoms with E-state index in [1.807, 2.05) is 12.1 Å². The van der Waals surface area contributed by atoms with Gasteiger partial charge in [-0.1, -0.05) is 38.3 Å². The van der Waals surface area contributed by atoms with Crippen molar-refractivity contribution in [3.63, 3.8) is 0 Å². The number of nitrogens with zero attached hydrogens (tertiary/aromatic N) is 1. The molecule has 1 aromatic heterocycles. The monoisotopic (exact) mass is 335 g/mol. The summed E-state index contributed by atoms with van der Waals surface area (Å²) in [5, 5.41) is 1.41. The summed E-state index contributed by atoms with van der Waals surface area (Å²) in [4.78, 5) is 16.3. The van der Waals surface area contributed by atoms with Gasteiger partial charge in [-0.25, -0.2) is 4.79 Å². The molecule has 1 heterocycles. The first-order chi connectivity index (χ1) is 11.2. The largest absolute Gasteiger partial charge is 0.480 e. The number of halogens is 1. The van der Waals surface area contributed by atoms with E-state index in [0.717, 1.165) is 31.1 Å². The number of hydrogen-bond acceptors (Lipinski definition) is 4. The van der Waals surface area contributed by atoms with Crippen LogP contribution in [-0.2, 0) is 9.53 Å². The first-order valence-corrected chi connectivity index (χ1v) is 8.39. The molecule has 0 saturated carbocycles. The van der Waals surface area contributed by atoms with E-state index in [1.54, 1.807) is 18.3 Å². The van der Waals surface area contributed by atoms with Gasteiger partial charge < -0.3 is 9.47 Å². The Labute approximate surface area is 141 Å². The zero-order valence-corrected chi connectivity index (χ0v) is 14.3. The van der Waals surface area contributed by atoms with Gasteiger partial charge in [-0.3, -0.25) is 4.98 Å². The van der Waals surface area contributed by atoms with E-state index in [4.69, 9.17) is 21.1 Å². The van der Waals surface area contributed by atoms with Crippen LogP contribution < -0.4 is 4.74 Å². The summed E-state index contributed by atoms with van der Waals surface area (Å²) in [7, 11) is 0. The number of rotatable bonds is 8. The van der Waals surface area contributed by atoms with E-state index >= 15 is 0 Å². The highest BCUT2D eigenvalue weighted by atomic mass is 35.5. The van der Waals surface area contributed by atoms with Gasteiger partial charge in [-0.05, 0) is 37.1 Å². The topological polar surface area (TPSA) is 48.4 Å². The molecular formula is C18H22ClNO3. The Hall–Kier alpha value is -1.81. The predicted octanol–water partition coefficient (Wildman–Crippen LogP) is 4.78. The summed E-state index contributed by atoms with van der Waals surface area (Å²) < 4.78 is 11.1. The first kappa shape index (κ1) is 17.5. The van der Waals surface area contributed by atoms with Crippen LogP contribution in [0.1, 0.15) is 39.5 Å². The maximum Gasteiger partial charge on any atom is 0.344 e. The number of pyridine rings is 1. The second kappa shape index (κ2) is 8.73. The van der Waals surface area contributed by atoms with Gasteiger partial charge in [0.1, 0.15) is 17.4 Å². The Balaban J connectivity index is 2.00. The highest BCUT2D eigenvalue weighted by Crippen LogP contribution is 2.29. The highest BCUT2D eigenvalue weighted by molar-refractivity contribution is 6.35. The van der Waals surface area contributed by atoms with E-state index in [2.05, 4.69) is 18.8 Å². The molecule has 1 aromatic carbocycles. The lowest BCUT2D eigenvalue weighted by Gasteiger charge is -2.17. The van der Waals surface area contributed by atoms with E-state index in [9.17, 15) is 4.79 Å². The molecule has 23 heavy (non-hydrogen) atoms. The lowest BCUT2D eigenvalue weighted by atomic mass is 10.1. The molecule has 0 spiro atoms. The number of carbonyl (C=O) groups excluding carboxylic acids is 1. The van der Waals surface area contributed by atoms with Gasteiger partial charge in [0.15, 0.2) is 6.61 Å². The van der Waals surface area contributed by atoms with Gasteiger partial charge in [0, 0.05) is 11.6 Å². The molecule has 0 radical (unpaired) electrons. The summed E-state index contributed by atoms with van der Waals surface area (Å²) >= 11 is 6.14. The van der Waals surface area contributed by atoms with Crippen LogP contribution in [0.15, 0.2) is 30.5 Å². The van der Waals surface area contributed by atoms with Crippen LogP contribution in [0.2, 0.25) is 5.02 Å². The van der Waals surface area contributed by atoms with Crippen LogP contribution in [0, 0.1) is 0 Å². The van der Waals surface area contributed by atoms with Crippen molar-refractivity contribution in [2.75, 3.05) is 6.61 Å². The zero-order valence-electron chi connectivity index (χ0n) is 13.5. The van der Waals surface area contributed by atoms with Gasteiger partial charge in [0.05, 0.1) is 5.02 Å². The minimum atomic E-state index is -0.351. The van der Waals surface area contributed by atoms with Crippen molar-refractivity contribution in [1.82, 2.24) is 4.98 Å². The van der Waals surface area contributed by atoms with E-state index in [-0.39, 0.29) is 18.7 Å². The number of esters is 1. The lowest BCUT2D eigenvalue weighted by molar-refractivity contribution is -0.152. The Bertz CT molecular complexity index is 654. The van der Waals surface area contributed by atoms with Gasteiger partial charge in [-0.2, -0.15) is 0 Å². The van der Waals surface area contributed by atoms with Crippen LogP contribution in [0.3, 0.4) is 0 Å². The number of benzene rings is 1. The Kier molecular flexibility index (Phi) is 6.66. The van der Waals surface area contributed by atoms with Crippen LogP contribution in [0.5, 0.6) is 5.75 Å². The third-order valence-corrected chi connectivity index (χ3v) is 3.87. The zero-order chi connectivity index (χ0) is 16.7. The van der Waals surface area contributed by atoms with Crippen molar-refractivity contribution in [1.29, 1.82) is 0 Å². The molecule has 0 N–H and O–H groups in total. The number of hydrogen-bond donors (Lipinski definition) is 0. The SMILES string of the molecule is CCCC(CCC)OC(=O)COc1ccc(Cl)c2cccnc12. The molecule has 0 aliphatic rings. The molecule has 0 aliphatic heterocycles. The first-order valence-electron chi connectivity index (χ1n) is 8.01. The van der Waals surface area contributed by atoms with Gasteiger partial charge >= 0.3 is 5.97 Å². The number of fused-ring (bicyclic) bond motifs is 1. The van der Waals surface area contributed by atoms with Gasteiger partial charge in [-0.15, -0.1) is 0 Å². The quantitative estimate of drug-likeness (QED) is 0.651. The minimum Gasteiger partial charge on any atom is -0.480 e. The van der Waals surface area contributed by atoms with Crippen molar-refractivity contribution >= 4 is 28.5 Å². The van der Waals surface area contributed by atoms with E-state index < -0.39 is 0 Å². The molecule has 2 aromatic rings. The Morgan fingerprint density at radius 3 is 2.65 bits per heavy atom. The average molecular weight is 336 g/mol. The predicted molar refractivity (Wildman–Crippen MR) is 91.9 cm³/mol. The molecule has 0 aliphatic carbocycles. The number of carbonyl (C=O) groups is 1. The third-order valence-electron chi connectivity index (χ3n) is 3.54. The van der Waals surface area contributed by atoms with Crippen LogP contribution in [0.4, 0.5) is 0 Å². The van der Waals surface area contributed by atoms with Crippen LogP contribution in [-0.4, -0.2) is 23.7 Å². The lowest BCUT2D eigenvalue weighted by Crippen LogP contribution is -2.22. The van der Waals surface area contributed by atoms with Gasteiger partial charge in [0.25, 0.3) is 0 Å². The smallest absolute Gasteiger partial charge is 0.344 e.